The molecule has 0 aromatic heterocycles. The normalized spacial score (nSPS) is 30.2. The van der Waals surface area contributed by atoms with Crippen LogP contribution in [0.3, 0.4) is 0 Å². The number of benzene rings is 1. The lowest BCUT2D eigenvalue weighted by atomic mass is 9.77. The zero-order chi connectivity index (χ0) is 13.7. The molecule has 3 atom stereocenters. The maximum absolute atomic E-state index is 12.5. The molecule has 1 N–H and O–H groups in total. The second-order valence-corrected chi connectivity index (χ2v) is 4.96. The van der Waals surface area contributed by atoms with Crippen LogP contribution in [0.15, 0.2) is 35.4 Å². The minimum atomic E-state index is -1.05. The summed E-state index contributed by atoms with van der Waals surface area (Å²) in [6.45, 7) is 3.43. The van der Waals surface area contributed by atoms with E-state index in [1.54, 1.807) is 38.1 Å². The Balaban J connectivity index is 2.25. The lowest BCUT2D eigenvalue weighted by Gasteiger charge is -2.36. The molecular formula is C15H14O4. The average molecular weight is 258 g/mol. The van der Waals surface area contributed by atoms with Crippen molar-refractivity contribution in [3.63, 3.8) is 0 Å². The van der Waals surface area contributed by atoms with Crippen LogP contribution in [0.5, 0.6) is 0 Å². The molecule has 98 valence electrons. The van der Waals surface area contributed by atoms with Crippen molar-refractivity contribution >= 4 is 11.6 Å². The maximum atomic E-state index is 12.5. The molecule has 0 fully saturated rings. The summed E-state index contributed by atoms with van der Waals surface area (Å²) in [7, 11) is 0. The van der Waals surface area contributed by atoms with Crippen molar-refractivity contribution in [3.8, 4) is 0 Å². The first kappa shape index (κ1) is 12.3. The number of aliphatic hydroxyl groups is 1. The van der Waals surface area contributed by atoms with Crippen LogP contribution < -0.4 is 0 Å². The third kappa shape index (κ3) is 1.60. The van der Waals surface area contributed by atoms with Gasteiger partial charge in [0.2, 0.25) is 0 Å². The Morgan fingerprint density at radius 2 is 1.53 bits per heavy atom. The Bertz CT molecular complexity index is 614. The van der Waals surface area contributed by atoms with Gasteiger partial charge in [0.05, 0.1) is 12.2 Å². The first-order chi connectivity index (χ1) is 9.02. The predicted octanol–water partition coefficient (Wildman–Crippen LogP) is 1.53. The fourth-order valence-corrected chi connectivity index (χ4v) is 2.81. The Hall–Kier alpha value is -1.78. The molecule has 1 aliphatic heterocycles. The molecular weight excluding hydrogens is 244 g/mol. The van der Waals surface area contributed by atoms with Crippen molar-refractivity contribution in [2.75, 3.05) is 0 Å². The fraction of sp³-hybridized carbons (Fsp3) is 0.333. The third-order valence-corrected chi connectivity index (χ3v) is 3.76. The van der Waals surface area contributed by atoms with Gasteiger partial charge in [0.15, 0.2) is 11.6 Å². The van der Waals surface area contributed by atoms with Gasteiger partial charge in [-0.2, -0.15) is 0 Å². The van der Waals surface area contributed by atoms with E-state index in [2.05, 4.69) is 0 Å². The summed E-state index contributed by atoms with van der Waals surface area (Å²) >= 11 is 0. The number of rotatable bonds is 0. The summed E-state index contributed by atoms with van der Waals surface area (Å²) in [5.74, 6) is -0.483. The van der Waals surface area contributed by atoms with Gasteiger partial charge in [-0.3, -0.25) is 9.59 Å². The van der Waals surface area contributed by atoms with Crippen LogP contribution in [-0.2, 0) is 4.74 Å². The molecule has 3 rings (SSSR count). The zero-order valence-corrected chi connectivity index (χ0v) is 10.7. The third-order valence-electron chi connectivity index (χ3n) is 3.76. The van der Waals surface area contributed by atoms with Gasteiger partial charge in [-0.1, -0.05) is 24.3 Å². The monoisotopic (exact) mass is 258 g/mol. The van der Waals surface area contributed by atoms with Crippen molar-refractivity contribution in [3.05, 3.63) is 46.5 Å². The van der Waals surface area contributed by atoms with Crippen LogP contribution >= 0.6 is 0 Å². The van der Waals surface area contributed by atoms with Crippen molar-refractivity contribution in [2.45, 2.75) is 32.2 Å². The molecule has 0 radical (unpaired) electrons. The summed E-state index contributed by atoms with van der Waals surface area (Å²) < 4.78 is 5.52. The molecule has 1 aromatic carbocycles. The standard InChI is InChI=1S/C15H14O4/c1-7-11-12(13(16)8(2)19-7)15(18)10-6-4-3-5-9(10)14(11)17/h3-8,13,16H,1-2H3/t7-,8-,13+/m0/s1. The number of ether oxygens (including phenoxy) is 1. The van der Waals surface area contributed by atoms with E-state index in [1.165, 1.54) is 0 Å². The van der Waals surface area contributed by atoms with E-state index in [0.717, 1.165) is 0 Å². The zero-order valence-electron chi connectivity index (χ0n) is 10.7. The van der Waals surface area contributed by atoms with Crippen molar-refractivity contribution in [2.24, 2.45) is 0 Å². The summed E-state index contributed by atoms with van der Waals surface area (Å²) in [6, 6.07) is 6.70. The van der Waals surface area contributed by atoms with E-state index in [1.807, 2.05) is 0 Å². The highest BCUT2D eigenvalue weighted by Gasteiger charge is 2.43. The van der Waals surface area contributed by atoms with E-state index in [9.17, 15) is 14.7 Å². The fourth-order valence-electron chi connectivity index (χ4n) is 2.81. The van der Waals surface area contributed by atoms with Crippen LogP contribution in [0.25, 0.3) is 0 Å². The molecule has 0 spiro atoms. The molecule has 4 nitrogen and oxygen atoms in total. The van der Waals surface area contributed by atoms with Gasteiger partial charge in [-0.25, -0.2) is 0 Å². The Kier molecular flexibility index (Phi) is 2.66. The van der Waals surface area contributed by atoms with Gasteiger partial charge >= 0.3 is 0 Å². The molecule has 2 aliphatic rings. The minimum Gasteiger partial charge on any atom is -0.386 e. The first-order valence-corrected chi connectivity index (χ1v) is 6.28. The largest absolute Gasteiger partial charge is 0.386 e. The summed E-state index contributed by atoms with van der Waals surface area (Å²) in [6.07, 6.45) is -2.01. The Morgan fingerprint density at radius 1 is 1.00 bits per heavy atom. The number of aliphatic hydroxyl groups excluding tert-OH is 1. The lowest BCUT2D eigenvalue weighted by molar-refractivity contribution is -0.0492. The highest BCUT2D eigenvalue weighted by molar-refractivity contribution is 6.27. The van der Waals surface area contributed by atoms with E-state index in [4.69, 9.17) is 4.74 Å². The minimum absolute atomic E-state index is 0.204. The van der Waals surface area contributed by atoms with Crippen molar-refractivity contribution in [1.82, 2.24) is 0 Å². The van der Waals surface area contributed by atoms with Crippen LogP contribution in [0, 0.1) is 0 Å². The number of carbonyl (C=O) groups is 2. The van der Waals surface area contributed by atoms with E-state index in [0.29, 0.717) is 16.7 Å². The highest BCUT2D eigenvalue weighted by Crippen LogP contribution is 2.35. The number of hydrogen-bond donors (Lipinski definition) is 1. The predicted molar refractivity (Wildman–Crippen MR) is 68.1 cm³/mol. The number of ketones is 2. The number of fused-ring (bicyclic) bond motifs is 1. The van der Waals surface area contributed by atoms with Crippen LogP contribution in [0.4, 0.5) is 0 Å². The van der Waals surface area contributed by atoms with E-state index < -0.39 is 18.3 Å². The van der Waals surface area contributed by atoms with Crippen LogP contribution in [-0.4, -0.2) is 35.0 Å². The molecule has 0 saturated heterocycles. The molecule has 0 bridgehead atoms. The molecule has 1 aliphatic carbocycles. The van der Waals surface area contributed by atoms with Crippen LogP contribution in [0.2, 0.25) is 0 Å². The molecule has 0 unspecified atom stereocenters. The van der Waals surface area contributed by atoms with Gasteiger partial charge in [0, 0.05) is 22.3 Å². The van der Waals surface area contributed by atoms with Gasteiger partial charge in [-0.15, -0.1) is 0 Å². The summed E-state index contributed by atoms with van der Waals surface area (Å²) in [4.78, 5) is 24.9. The first-order valence-electron chi connectivity index (χ1n) is 6.28. The van der Waals surface area contributed by atoms with Gasteiger partial charge < -0.3 is 9.84 Å². The SMILES string of the molecule is C[C@@H]1O[C@@H](C)[C@@H](O)C2=C1C(=O)c1ccccc1C2=O. The number of Topliss-reactive ketones (excluding diaryl/α,β-unsaturated/α-hetero) is 2. The number of hydrogen-bond acceptors (Lipinski definition) is 4. The topological polar surface area (TPSA) is 63.6 Å². The van der Waals surface area contributed by atoms with Crippen molar-refractivity contribution < 1.29 is 19.4 Å². The van der Waals surface area contributed by atoms with Gasteiger partial charge in [0.1, 0.15) is 6.10 Å². The van der Waals surface area contributed by atoms with Gasteiger partial charge in [-0.05, 0) is 13.8 Å². The molecule has 1 aromatic rings. The Morgan fingerprint density at radius 3 is 2.11 bits per heavy atom. The quantitative estimate of drug-likeness (QED) is 0.766. The van der Waals surface area contributed by atoms with E-state index >= 15 is 0 Å². The van der Waals surface area contributed by atoms with E-state index in [-0.39, 0.29) is 17.1 Å². The molecule has 0 amide bonds. The smallest absolute Gasteiger partial charge is 0.192 e. The summed E-state index contributed by atoms with van der Waals surface area (Å²) in [5, 5.41) is 10.1. The molecule has 1 heterocycles. The molecule has 0 saturated carbocycles. The highest BCUT2D eigenvalue weighted by atomic mass is 16.5. The van der Waals surface area contributed by atoms with Crippen LogP contribution in [0.1, 0.15) is 34.6 Å². The molecule has 19 heavy (non-hydrogen) atoms. The second kappa shape index (κ2) is 4.11. The molecule has 4 heteroatoms. The Labute approximate surface area is 110 Å². The lowest BCUT2D eigenvalue weighted by Crippen LogP contribution is -2.45. The second-order valence-electron chi connectivity index (χ2n) is 4.96. The van der Waals surface area contributed by atoms with Crippen molar-refractivity contribution in [1.29, 1.82) is 0 Å². The summed E-state index contributed by atoms with van der Waals surface area (Å²) in [5.41, 5.74) is 1.26. The average Bonchev–Trinajstić information content (AvgIpc) is 2.40. The van der Waals surface area contributed by atoms with Gasteiger partial charge in [0.25, 0.3) is 0 Å². The maximum Gasteiger partial charge on any atom is 0.192 e. The number of carbonyl (C=O) groups excluding carboxylic acids is 2.